The second-order valence-electron chi connectivity index (χ2n) is 5.94. The van der Waals surface area contributed by atoms with Crippen molar-refractivity contribution in [2.75, 3.05) is 11.9 Å². The highest BCUT2D eigenvalue weighted by Crippen LogP contribution is 2.22. The largest absolute Gasteiger partial charge is 0.478 e. The Morgan fingerprint density at radius 2 is 1.95 bits per heavy atom. The number of aromatic nitrogens is 2. The van der Waals surface area contributed by atoms with Gasteiger partial charge in [-0.15, -0.1) is 0 Å². The molecule has 1 N–H and O–H groups in total. The molecule has 4 nitrogen and oxygen atoms in total. The Kier molecular flexibility index (Phi) is 6.77. The Bertz CT molecular complexity index is 416. The molecule has 0 unspecified atom stereocenters. The number of nitrogens with zero attached hydrogens (tertiary/aromatic N) is 2. The Morgan fingerprint density at radius 3 is 2.67 bits per heavy atom. The quantitative estimate of drug-likeness (QED) is 0.723. The molecular weight excluding hydrogens is 262 g/mol. The lowest BCUT2D eigenvalue weighted by atomic mass is 9.95. The second kappa shape index (κ2) is 8.85. The molecule has 0 amide bonds. The lowest BCUT2D eigenvalue weighted by Crippen LogP contribution is -2.23. The van der Waals surface area contributed by atoms with Crippen LogP contribution in [0.5, 0.6) is 5.88 Å². The molecule has 1 heterocycles. The topological polar surface area (TPSA) is 47.0 Å². The third-order valence-corrected chi connectivity index (χ3v) is 3.93. The summed E-state index contributed by atoms with van der Waals surface area (Å²) in [6, 6.07) is 2.52. The van der Waals surface area contributed by atoms with E-state index in [1.807, 2.05) is 6.07 Å². The fraction of sp³-hybridized carbons (Fsp3) is 0.765. The van der Waals surface area contributed by atoms with Crippen LogP contribution in [0.3, 0.4) is 0 Å². The molecule has 0 bridgehead atoms. The van der Waals surface area contributed by atoms with E-state index in [0.29, 0.717) is 6.04 Å². The molecule has 2 rings (SSSR count). The molecule has 0 aromatic carbocycles. The van der Waals surface area contributed by atoms with Crippen molar-refractivity contribution >= 4 is 5.82 Å². The molecule has 4 heteroatoms. The van der Waals surface area contributed by atoms with Crippen LogP contribution in [-0.4, -0.2) is 22.6 Å². The molecule has 0 spiro atoms. The number of hydrogen-bond acceptors (Lipinski definition) is 4. The number of hydrogen-bond donors (Lipinski definition) is 1. The Hall–Kier alpha value is -1.32. The molecule has 0 radical (unpaired) electrons. The third-order valence-electron chi connectivity index (χ3n) is 3.93. The summed E-state index contributed by atoms with van der Waals surface area (Å²) in [5.74, 6) is 2.55. The summed E-state index contributed by atoms with van der Waals surface area (Å²) in [4.78, 5) is 9.16. The predicted octanol–water partition coefficient (Wildman–Crippen LogP) is 4.35. The zero-order chi connectivity index (χ0) is 14.9. The number of anilines is 1. The molecule has 118 valence electrons. The van der Waals surface area contributed by atoms with Crippen molar-refractivity contribution < 1.29 is 4.74 Å². The maximum Gasteiger partial charge on any atom is 0.218 e. The van der Waals surface area contributed by atoms with Crippen LogP contribution in [0.1, 0.15) is 71.0 Å². The maximum atomic E-state index is 5.77. The van der Waals surface area contributed by atoms with Crippen molar-refractivity contribution in [2.45, 2.75) is 77.7 Å². The Morgan fingerprint density at radius 1 is 1.14 bits per heavy atom. The highest BCUT2D eigenvalue weighted by Gasteiger charge is 2.14. The molecule has 1 aliphatic rings. The summed E-state index contributed by atoms with van der Waals surface area (Å²) >= 11 is 0. The first kappa shape index (κ1) is 16.1. The number of rotatable bonds is 8. The van der Waals surface area contributed by atoms with Crippen LogP contribution < -0.4 is 10.1 Å². The highest BCUT2D eigenvalue weighted by atomic mass is 16.5. The summed E-state index contributed by atoms with van der Waals surface area (Å²) in [5.41, 5.74) is 0. The predicted molar refractivity (Wildman–Crippen MR) is 86.9 cm³/mol. The van der Waals surface area contributed by atoms with Crippen molar-refractivity contribution in [1.82, 2.24) is 9.97 Å². The summed E-state index contributed by atoms with van der Waals surface area (Å²) in [7, 11) is 0. The maximum absolute atomic E-state index is 5.77. The molecule has 21 heavy (non-hydrogen) atoms. The van der Waals surface area contributed by atoms with Gasteiger partial charge in [-0.05, 0) is 25.7 Å². The van der Waals surface area contributed by atoms with Crippen LogP contribution in [0, 0.1) is 0 Å². The van der Waals surface area contributed by atoms with Gasteiger partial charge in [0, 0.05) is 18.5 Å². The van der Waals surface area contributed by atoms with E-state index in [9.17, 15) is 0 Å². The molecule has 1 aliphatic carbocycles. The minimum Gasteiger partial charge on any atom is -0.478 e. The summed E-state index contributed by atoms with van der Waals surface area (Å²) in [6.45, 7) is 5.06. The first-order valence-electron chi connectivity index (χ1n) is 8.59. The molecule has 1 aromatic heterocycles. The molecule has 0 aliphatic heterocycles. The molecular formula is C17H29N3O. The molecule has 1 fully saturated rings. The van der Waals surface area contributed by atoms with E-state index in [1.54, 1.807) is 0 Å². The molecule has 0 saturated heterocycles. The third kappa shape index (κ3) is 5.52. The first-order chi connectivity index (χ1) is 10.3. The molecule has 0 atom stereocenters. The van der Waals surface area contributed by atoms with E-state index in [-0.39, 0.29) is 0 Å². The average molecular weight is 291 g/mol. The fourth-order valence-corrected chi connectivity index (χ4v) is 2.73. The van der Waals surface area contributed by atoms with E-state index in [4.69, 9.17) is 4.74 Å². The van der Waals surface area contributed by atoms with Crippen molar-refractivity contribution in [3.8, 4) is 5.88 Å². The Balaban J connectivity index is 2.02. The normalized spacial score (nSPS) is 15.9. The Labute approximate surface area is 128 Å². The SMILES string of the molecule is CCCCOc1cc(NC2CCCCC2)nc(CCC)n1. The van der Waals surface area contributed by atoms with Gasteiger partial charge in [0.1, 0.15) is 11.6 Å². The lowest BCUT2D eigenvalue weighted by molar-refractivity contribution is 0.296. The van der Waals surface area contributed by atoms with E-state index >= 15 is 0 Å². The van der Waals surface area contributed by atoms with Crippen molar-refractivity contribution in [1.29, 1.82) is 0 Å². The van der Waals surface area contributed by atoms with Gasteiger partial charge < -0.3 is 10.1 Å². The summed E-state index contributed by atoms with van der Waals surface area (Å²) in [6.07, 6.45) is 10.7. The van der Waals surface area contributed by atoms with Crippen LogP contribution in [0.25, 0.3) is 0 Å². The van der Waals surface area contributed by atoms with Gasteiger partial charge in [0.2, 0.25) is 5.88 Å². The van der Waals surface area contributed by atoms with Crippen LogP contribution in [-0.2, 0) is 6.42 Å². The van der Waals surface area contributed by atoms with E-state index in [2.05, 4.69) is 29.1 Å². The van der Waals surface area contributed by atoms with Crippen molar-refractivity contribution in [2.24, 2.45) is 0 Å². The summed E-state index contributed by atoms with van der Waals surface area (Å²) < 4.78 is 5.77. The lowest BCUT2D eigenvalue weighted by Gasteiger charge is -2.23. The fourth-order valence-electron chi connectivity index (χ4n) is 2.73. The zero-order valence-corrected chi connectivity index (χ0v) is 13.5. The second-order valence-corrected chi connectivity index (χ2v) is 5.94. The van der Waals surface area contributed by atoms with Crippen molar-refractivity contribution in [3.05, 3.63) is 11.9 Å². The van der Waals surface area contributed by atoms with Gasteiger partial charge in [-0.3, -0.25) is 0 Å². The van der Waals surface area contributed by atoms with Crippen LogP contribution >= 0.6 is 0 Å². The number of ether oxygens (including phenoxy) is 1. The number of aryl methyl sites for hydroxylation is 1. The minimum atomic E-state index is 0.562. The number of nitrogens with one attached hydrogen (secondary N) is 1. The van der Waals surface area contributed by atoms with Gasteiger partial charge in [-0.2, -0.15) is 4.98 Å². The average Bonchev–Trinajstić information content (AvgIpc) is 2.49. The van der Waals surface area contributed by atoms with Crippen LogP contribution in [0.2, 0.25) is 0 Å². The van der Waals surface area contributed by atoms with E-state index in [0.717, 1.165) is 49.8 Å². The highest BCUT2D eigenvalue weighted by molar-refractivity contribution is 5.39. The monoisotopic (exact) mass is 291 g/mol. The zero-order valence-electron chi connectivity index (χ0n) is 13.5. The smallest absolute Gasteiger partial charge is 0.218 e. The summed E-state index contributed by atoms with van der Waals surface area (Å²) in [5, 5.41) is 3.58. The van der Waals surface area contributed by atoms with Crippen LogP contribution in [0.15, 0.2) is 6.07 Å². The molecule has 1 saturated carbocycles. The van der Waals surface area contributed by atoms with Gasteiger partial charge in [-0.1, -0.05) is 39.5 Å². The van der Waals surface area contributed by atoms with Gasteiger partial charge in [0.25, 0.3) is 0 Å². The van der Waals surface area contributed by atoms with Gasteiger partial charge in [-0.25, -0.2) is 4.98 Å². The van der Waals surface area contributed by atoms with Crippen LogP contribution in [0.4, 0.5) is 5.82 Å². The van der Waals surface area contributed by atoms with Gasteiger partial charge in [0.15, 0.2) is 0 Å². The minimum absolute atomic E-state index is 0.562. The van der Waals surface area contributed by atoms with Gasteiger partial charge in [0.05, 0.1) is 6.61 Å². The first-order valence-corrected chi connectivity index (χ1v) is 8.59. The number of unbranched alkanes of at least 4 members (excludes halogenated alkanes) is 1. The standard InChI is InChI=1S/C17H29N3O/c1-3-5-12-21-17-13-16(19-15(20-17)9-4-2)18-14-10-7-6-8-11-14/h13-14H,3-12H2,1-2H3,(H,18,19,20). The van der Waals surface area contributed by atoms with E-state index in [1.165, 1.54) is 32.1 Å². The van der Waals surface area contributed by atoms with E-state index < -0.39 is 0 Å². The molecule has 1 aromatic rings. The van der Waals surface area contributed by atoms with Gasteiger partial charge >= 0.3 is 0 Å². The van der Waals surface area contributed by atoms with Crippen molar-refractivity contribution in [3.63, 3.8) is 0 Å².